The first-order valence-electron chi connectivity index (χ1n) is 3.31. The van der Waals surface area contributed by atoms with E-state index in [-0.39, 0.29) is 6.04 Å². The number of carbonyl (C=O) groups excluding carboxylic acids is 1. The fourth-order valence-electron chi connectivity index (χ4n) is 1.08. The Morgan fingerprint density at radius 1 is 1.70 bits per heavy atom. The van der Waals surface area contributed by atoms with Crippen molar-refractivity contribution in [2.45, 2.75) is 25.0 Å². The monoisotopic (exact) mass is 144 g/mol. The summed E-state index contributed by atoms with van der Waals surface area (Å²) < 4.78 is 5.01. The van der Waals surface area contributed by atoms with E-state index >= 15 is 0 Å². The number of nitrogens with two attached hydrogens (primary N) is 1. The zero-order valence-electron chi connectivity index (χ0n) is 5.96. The summed E-state index contributed by atoms with van der Waals surface area (Å²) >= 11 is 0. The van der Waals surface area contributed by atoms with Crippen molar-refractivity contribution in [3.05, 3.63) is 0 Å². The zero-order valence-corrected chi connectivity index (χ0v) is 5.96. The molecule has 1 saturated carbocycles. The molecule has 0 saturated heterocycles. The van der Waals surface area contributed by atoms with Gasteiger partial charge in [-0.25, -0.2) is 4.79 Å². The molecule has 1 aliphatic carbocycles. The van der Waals surface area contributed by atoms with Crippen LogP contribution in [0.15, 0.2) is 0 Å². The van der Waals surface area contributed by atoms with Crippen molar-refractivity contribution in [3.8, 4) is 0 Å². The van der Waals surface area contributed by atoms with Gasteiger partial charge in [-0.1, -0.05) is 0 Å². The molecule has 0 radical (unpaired) electrons. The van der Waals surface area contributed by atoms with Crippen LogP contribution in [0.5, 0.6) is 0 Å². The fraction of sp³-hybridized carbons (Fsp3) is 0.833. The van der Waals surface area contributed by atoms with E-state index in [1.54, 1.807) is 7.11 Å². The minimum atomic E-state index is -0.445. The molecule has 0 atom stereocenters. The molecular weight excluding hydrogens is 132 g/mol. The average molecular weight is 144 g/mol. The third-order valence-corrected chi connectivity index (χ3v) is 1.77. The quantitative estimate of drug-likeness (QED) is 0.565. The summed E-state index contributed by atoms with van der Waals surface area (Å²) in [4.78, 5) is 10.3. The molecule has 0 unspecified atom stereocenters. The summed E-state index contributed by atoms with van der Waals surface area (Å²) in [5.74, 6) is 0. The lowest BCUT2D eigenvalue weighted by Gasteiger charge is -2.33. The number of rotatable bonds is 2. The second-order valence-corrected chi connectivity index (χ2v) is 2.53. The molecule has 1 fully saturated rings. The predicted octanol–water partition coefficient (Wildman–Crippen LogP) is -0.168. The second-order valence-electron chi connectivity index (χ2n) is 2.53. The van der Waals surface area contributed by atoms with Crippen molar-refractivity contribution in [2.24, 2.45) is 5.73 Å². The number of methoxy groups -OCH3 is 1. The van der Waals surface area contributed by atoms with Crippen LogP contribution in [0.4, 0.5) is 4.79 Å². The van der Waals surface area contributed by atoms with Crippen molar-refractivity contribution in [2.75, 3.05) is 7.11 Å². The Morgan fingerprint density at radius 2 is 2.30 bits per heavy atom. The molecule has 4 heteroatoms. The molecule has 0 aromatic heterocycles. The highest BCUT2D eigenvalue weighted by Crippen LogP contribution is 2.21. The fourth-order valence-corrected chi connectivity index (χ4v) is 1.08. The number of hydrogen-bond acceptors (Lipinski definition) is 2. The van der Waals surface area contributed by atoms with E-state index in [9.17, 15) is 4.79 Å². The number of carbonyl (C=O) groups is 1. The molecule has 2 amide bonds. The average Bonchev–Trinajstić information content (AvgIpc) is 1.76. The lowest BCUT2D eigenvalue weighted by atomic mass is 9.89. The van der Waals surface area contributed by atoms with E-state index in [1.165, 1.54) is 0 Å². The Hall–Kier alpha value is -0.770. The van der Waals surface area contributed by atoms with Gasteiger partial charge in [-0.3, -0.25) is 0 Å². The molecule has 0 heterocycles. The second kappa shape index (κ2) is 2.88. The third-order valence-electron chi connectivity index (χ3n) is 1.77. The van der Waals surface area contributed by atoms with Gasteiger partial charge >= 0.3 is 6.03 Å². The third kappa shape index (κ3) is 1.60. The standard InChI is InChI=1S/C6H12N2O2/c1-10-5-2-4(3-5)8-6(7)9/h4-5H,2-3H2,1H3,(H3,7,8,9). The van der Waals surface area contributed by atoms with E-state index in [4.69, 9.17) is 10.5 Å². The number of urea groups is 1. The highest BCUT2D eigenvalue weighted by Gasteiger charge is 2.29. The lowest BCUT2D eigenvalue weighted by molar-refractivity contribution is 0.0209. The molecule has 0 spiro atoms. The van der Waals surface area contributed by atoms with Crippen LogP contribution in [0.1, 0.15) is 12.8 Å². The Balaban J connectivity index is 2.08. The van der Waals surface area contributed by atoms with Gasteiger partial charge in [-0.2, -0.15) is 0 Å². The van der Waals surface area contributed by atoms with Gasteiger partial charge in [0.05, 0.1) is 6.10 Å². The van der Waals surface area contributed by atoms with Gasteiger partial charge < -0.3 is 15.8 Å². The van der Waals surface area contributed by atoms with Crippen LogP contribution in [0.2, 0.25) is 0 Å². The van der Waals surface area contributed by atoms with Crippen LogP contribution in [0, 0.1) is 0 Å². The van der Waals surface area contributed by atoms with E-state index in [0.29, 0.717) is 6.10 Å². The van der Waals surface area contributed by atoms with Crippen LogP contribution < -0.4 is 11.1 Å². The largest absolute Gasteiger partial charge is 0.381 e. The maximum Gasteiger partial charge on any atom is 0.312 e. The Bertz CT molecular complexity index is 132. The number of ether oxygens (including phenoxy) is 1. The lowest BCUT2D eigenvalue weighted by Crippen LogP contribution is -2.49. The summed E-state index contributed by atoms with van der Waals surface area (Å²) in [6.45, 7) is 0. The van der Waals surface area contributed by atoms with Gasteiger partial charge in [-0.05, 0) is 12.8 Å². The van der Waals surface area contributed by atoms with Gasteiger partial charge in [0.1, 0.15) is 0 Å². The molecule has 0 aliphatic heterocycles. The van der Waals surface area contributed by atoms with Crippen molar-refractivity contribution in [3.63, 3.8) is 0 Å². The van der Waals surface area contributed by atoms with Gasteiger partial charge in [0.25, 0.3) is 0 Å². The van der Waals surface area contributed by atoms with Gasteiger partial charge in [-0.15, -0.1) is 0 Å². The number of amides is 2. The molecule has 10 heavy (non-hydrogen) atoms. The van der Waals surface area contributed by atoms with Crippen molar-refractivity contribution in [1.29, 1.82) is 0 Å². The zero-order chi connectivity index (χ0) is 7.56. The molecule has 3 N–H and O–H groups in total. The number of nitrogens with one attached hydrogen (secondary N) is 1. The molecule has 58 valence electrons. The van der Waals surface area contributed by atoms with Crippen LogP contribution >= 0.6 is 0 Å². The van der Waals surface area contributed by atoms with Gasteiger partial charge in [0, 0.05) is 13.2 Å². The van der Waals surface area contributed by atoms with Gasteiger partial charge in [0.2, 0.25) is 0 Å². The first kappa shape index (κ1) is 7.34. The topological polar surface area (TPSA) is 64.3 Å². The summed E-state index contributed by atoms with van der Waals surface area (Å²) in [7, 11) is 1.67. The Kier molecular flexibility index (Phi) is 2.11. The molecule has 0 aromatic rings. The van der Waals surface area contributed by atoms with E-state index in [1.807, 2.05) is 0 Å². The van der Waals surface area contributed by atoms with Crippen LogP contribution in [0.25, 0.3) is 0 Å². The molecular formula is C6H12N2O2. The first-order chi connectivity index (χ1) is 4.72. The highest BCUT2D eigenvalue weighted by molar-refractivity contribution is 5.72. The number of hydrogen-bond donors (Lipinski definition) is 2. The van der Waals surface area contributed by atoms with Crippen LogP contribution in [0.3, 0.4) is 0 Å². The molecule has 1 rings (SSSR count). The Labute approximate surface area is 59.7 Å². The van der Waals surface area contributed by atoms with Crippen LogP contribution in [-0.2, 0) is 4.74 Å². The van der Waals surface area contributed by atoms with Crippen LogP contribution in [-0.4, -0.2) is 25.3 Å². The highest BCUT2D eigenvalue weighted by atomic mass is 16.5. The molecule has 0 bridgehead atoms. The first-order valence-corrected chi connectivity index (χ1v) is 3.31. The van der Waals surface area contributed by atoms with Crippen molar-refractivity contribution < 1.29 is 9.53 Å². The molecule has 0 aromatic carbocycles. The van der Waals surface area contributed by atoms with E-state index < -0.39 is 6.03 Å². The maximum atomic E-state index is 10.3. The molecule has 4 nitrogen and oxygen atoms in total. The summed E-state index contributed by atoms with van der Waals surface area (Å²) in [5, 5.41) is 2.60. The smallest absolute Gasteiger partial charge is 0.312 e. The summed E-state index contributed by atoms with van der Waals surface area (Å²) in [6.07, 6.45) is 2.09. The minimum absolute atomic E-state index is 0.238. The summed E-state index contributed by atoms with van der Waals surface area (Å²) in [6, 6.07) is -0.206. The maximum absolute atomic E-state index is 10.3. The normalized spacial score (nSPS) is 30.9. The van der Waals surface area contributed by atoms with Crippen molar-refractivity contribution in [1.82, 2.24) is 5.32 Å². The SMILES string of the molecule is COC1CC(NC(N)=O)C1. The minimum Gasteiger partial charge on any atom is -0.381 e. The van der Waals surface area contributed by atoms with E-state index in [0.717, 1.165) is 12.8 Å². The van der Waals surface area contributed by atoms with Crippen molar-refractivity contribution >= 4 is 6.03 Å². The molecule has 1 aliphatic rings. The van der Waals surface area contributed by atoms with E-state index in [2.05, 4.69) is 5.32 Å². The van der Waals surface area contributed by atoms with Gasteiger partial charge in [0.15, 0.2) is 0 Å². The summed E-state index contributed by atoms with van der Waals surface area (Å²) in [5.41, 5.74) is 4.90. The Morgan fingerprint density at radius 3 is 2.70 bits per heavy atom. The number of primary amides is 1. The predicted molar refractivity (Wildman–Crippen MR) is 36.5 cm³/mol.